The number of carboxylic acids is 1. The second-order valence-electron chi connectivity index (χ2n) is 8.69. The second-order valence-corrected chi connectivity index (χ2v) is 8.69. The number of fused-ring (bicyclic) bond motifs is 3. The molecule has 2 atom stereocenters. The summed E-state index contributed by atoms with van der Waals surface area (Å²) in [6.45, 7) is -0.178. The fourth-order valence-corrected chi connectivity index (χ4v) is 4.83. The van der Waals surface area contributed by atoms with E-state index in [2.05, 4.69) is 17.4 Å². The Kier molecular flexibility index (Phi) is 5.30. The molecule has 0 saturated carbocycles. The number of β-amino-alcohol motifs (C(OH)–C–C–N with tert-alkyl or cyclic N) is 1. The largest absolute Gasteiger partial charge is 0.479 e. The number of amides is 2. The molecular formula is C24H24N2O7. The first-order chi connectivity index (χ1) is 15.9. The summed E-state index contributed by atoms with van der Waals surface area (Å²) in [7, 11) is 0. The monoisotopic (exact) mass is 452 g/mol. The lowest BCUT2D eigenvalue weighted by molar-refractivity contribution is -0.185. The number of aliphatic carboxylic acids is 1. The Balaban J connectivity index is 1.20. The van der Waals surface area contributed by atoms with Crippen molar-refractivity contribution in [2.24, 2.45) is 0 Å². The Morgan fingerprint density at radius 3 is 2.27 bits per heavy atom. The van der Waals surface area contributed by atoms with Crippen molar-refractivity contribution < 1.29 is 34.1 Å². The maximum absolute atomic E-state index is 12.7. The summed E-state index contributed by atoms with van der Waals surface area (Å²) >= 11 is 0. The Morgan fingerprint density at radius 2 is 1.67 bits per heavy atom. The number of hydrogen-bond donors (Lipinski definition) is 3. The number of carbonyl (C=O) groups excluding carboxylic acids is 2. The quantitative estimate of drug-likeness (QED) is 0.625. The molecule has 2 fully saturated rings. The molecule has 172 valence electrons. The lowest BCUT2D eigenvalue weighted by atomic mass is 9.93. The molecule has 3 aliphatic rings. The minimum absolute atomic E-state index is 0.0739. The van der Waals surface area contributed by atoms with Gasteiger partial charge >= 0.3 is 12.1 Å². The molecule has 2 aromatic carbocycles. The van der Waals surface area contributed by atoms with Crippen LogP contribution in [0.2, 0.25) is 0 Å². The summed E-state index contributed by atoms with van der Waals surface area (Å²) < 4.78 is 11.0. The SMILES string of the molecule is O=C(NC1CCOC1C(=O)N1CC(O)(C(=O)O)C1)OCC1c2ccccc2-c2ccccc21. The van der Waals surface area contributed by atoms with E-state index in [-0.39, 0.29) is 32.2 Å². The van der Waals surface area contributed by atoms with Crippen molar-refractivity contribution in [2.75, 3.05) is 26.3 Å². The van der Waals surface area contributed by atoms with Gasteiger partial charge in [0.25, 0.3) is 5.91 Å². The molecule has 5 rings (SSSR count). The van der Waals surface area contributed by atoms with Crippen LogP contribution in [0.25, 0.3) is 11.1 Å². The summed E-state index contributed by atoms with van der Waals surface area (Å²) in [4.78, 5) is 37.5. The van der Waals surface area contributed by atoms with Gasteiger partial charge in [-0.15, -0.1) is 0 Å². The van der Waals surface area contributed by atoms with Crippen molar-refractivity contribution >= 4 is 18.0 Å². The molecule has 9 nitrogen and oxygen atoms in total. The van der Waals surface area contributed by atoms with E-state index in [0.29, 0.717) is 6.42 Å². The van der Waals surface area contributed by atoms with Gasteiger partial charge in [0.2, 0.25) is 0 Å². The number of nitrogens with one attached hydrogen (secondary N) is 1. The van der Waals surface area contributed by atoms with Gasteiger partial charge in [0.15, 0.2) is 11.7 Å². The molecule has 2 aliphatic heterocycles. The van der Waals surface area contributed by atoms with Crippen molar-refractivity contribution in [3.05, 3.63) is 59.7 Å². The zero-order valence-electron chi connectivity index (χ0n) is 17.8. The van der Waals surface area contributed by atoms with E-state index in [1.807, 2.05) is 36.4 Å². The Hall–Kier alpha value is -3.43. The van der Waals surface area contributed by atoms with Crippen LogP contribution in [-0.2, 0) is 19.1 Å². The van der Waals surface area contributed by atoms with E-state index in [1.165, 1.54) is 4.90 Å². The molecule has 9 heteroatoms. The van der Waals surface area contributed by atoms with E-state index in [0.717, 1.165) is 22.3 Å². The first-order valence-corrected chi connectivity index (χ1v) is 10.8. The first kappa shape index (κ1) is 21.4. The average molecular weight is 452 g/mol. The standard InChI is InChI=1S/C24H24N2O7/c27-21(26-12-24(31,13-26)22(28)29)20-19(9-10-32-20)25-23(30)33-11-18-16-7-3-1-5-14(16)15-6-2-4-8-17(15)18/h1-8,18-20,31H,9-13H2,(H,25,30)(H,28,29). The van der Waals surface area contributed by atoms with Gasteiger partial charge in [-0.05, 0) is 28.7 Å². The number of rotatable bonds is 5. The smallest absolute Gasteiger partial charge is 0.407 e. The summed E-state index contributed by atoms with van der Waals surface area (Å²) in [6.07, 6.45) is -1.16. The van der Waals surface area contributed by atoms with Crippen LogP contribution in [0.3, 0.4) is 0 Å². The lowest BCUT2D eigenvalue weighted by Gasteiger charge is -2.44. The minimum Gasteiger partial charge on any atom is -0.479 e. The molecule has 0 spiro atoms. The van der Waals surface area contributed by atoms with Crippen LogP contribution >= 0.6 is 0 Å². The van der Waals surface area contributed by atoms with Gasteiger partial charge in [0.1, 0.15) is 6.61 Å². The number of carboxylic acid groups (broad SMARTS) is 1. The first-order valence-electron chi connectivity index (χ1n) is 10.8. The van der Waals surface area contributed by atoms with Gasteiger partial charge in [0, 0.05) is 12.5 Å². The predicted molar refractivity (Wildman–Crippen MR) is 116 cm³/mol. The number of hydrogen-bond acceptors (Lipinski definition) is 6. The van der Waals surface area contributed by atoms with Gasteiger partial charge in [-0.2, -0.15) is 0 Å². The van der Waals surface area contributed by atoms with E-state index in [9.17, 15) is 19.5 Å². The van der Waals surface area contributed by atoms with Crippen molar-refractivity contribution in [3.63, 3.8) is 0 Å². The summed E-state index contributed by atoms with van der Waals surface area (Å²) in [5.41, 5.74) is 2.55. The highest BCUT2D eigenvalue weighted by Gasteiger charge is 2.52. The molecule has 3 N–H and O–H groups in total. The van der Waals surface area contributed by atoms with E-state index >= 15 is 0 Å². The molecular weight excluding hydrogens is 428 g/mol. The fraction of sp³-hybridized carbons (Fsp3) is 0.375. The molecule has 2 unspecified atom stereocenters. The van der Waals surface area contributed by atoms with Crippen LogP contribution in [0.4, 0.5) is 4.79 Å². The van der Waals surface area contributed by atoms with Crippen molar-refractivity contribution in [3.8, 4) is 11.1 Å². The van der Waals surface area contributed by atoms with Crippen LogP contribution in [0.1, 0.15) is 23.5 Å². The predicted octanol–water partition coefficient (Wildman–Crippen LogP) is 1.34. The maximum Gasteiger partial charge on any atom is 0.407 e. The molecule has 2 amide bonds. The van der Waals surface area contributed by atoms with Crippen molar-refractivity contribution in [1.82, 2.24) is 10.2 Å². The molecule has 0 bridgehead atoms. The number of ether oxygens (including phenoxy) is 2. The number of benzene rings is 2. The fourth-order valence-electron chi connectivity index (χ4n) is 4.83. The lowest BCUT2D eigenvalue weighted by Crippen LogP contribution is -2.69. The van der Waals surface area contributed by atoms with E-state index < -0.39 is 35.7 Å². The maximum atomic E-state index is 12.7. The highest BCUT2D eigenvalue weighted by Crippen LogP contribution is 2.44. The van der Waals surface area contributed by atoms with Crippen molar-refractivity contribution in [2.45, 2.75) is 30.1 Å². The Bertz CT molecular complexity index is 1070. The molecule has 33 heavy (non-hydrogen) atoms. The Labute approximate surface area is 189 Å². The Morgan fingerprint density at radius 1 is 1.06 bits per heavy atom. The molecule has 2 heterocycles. The van der Waals surface area contributed by atoms with Gasteiger partial charge in [0.05, 0.1) is 19.1 Å². The third kappa shape index (κ3) is 3.73. The molecule has 0 radical (unpaired) electrons. The number of carbonyl (C=O) groups is 3. The zero-order valence-corrected chi connectivity index (χ0v) is 17.8. The molecule has 0 aromatic heterocycles. The van der Waals surface area contributed by atoms with Gasteiger partial charge in [-0.1, -0.05) is 48.5 Å². The van der Waals surface area contributed by atoms with Crippen LogP contribution in [0.5, 0.6) is 0 Å². The number of aliphatic hydroxyl groups is 1. The van der Waals surface area contributed by atoms with E-state index in [4.69, 9.17) is 14.6 Å². The number of alkyl carbamates (subject to hydrolysis) is 1. The van der Waals surface area contributed by atoms with Crippen molar-refractivity contribution in [1.29, 1.82) is 0 Å². The van der Waals surface area contributed by atoms with Crippen LogP contribution in [0, 0.1) is 0 Å². The average Bonchev–Trinajstić information content (AvgIpc) is 3.37. The number of likely N-dealkylation sites (tertiary alicyclic amines) is 1. The van der Waals surface area contributed by atoms with Gasteiger partial charge in [-0.3, -0.25) is 4.79 Å². The minimum atomic E-state index is -1.93. The summed E-state index contributed by atoms with van der Waals surface area (Å²) in [6, 6.07) is 15.5. The highest BCUT2D eigenvalue weighted by atomic mass is 16.6. The van der Waals surface area contributed by atoms with Gasteiger partial charge in [-0.25, -0.2) is 9.59 Å². The third-order valence-electron chi connectivity index (χ3n) is 6.60. The highest BCUT2D eigenvalue weighted by molar-refractivity contribution is 5.88. The van der Waals surface area contributed by atoms with E-state index in [1.54, 1.807) is 0 Å². The number of nitrogens with zero attached hydrogens (tertiary/aromatic N) is 1. The van der Waals surface area contributed by atoms with Crippen LogP contribution < -0.4 is 5.32 Å². The van der Waals surface area contributed by atoms with Gasteiger partial charge < -0.3 is 29.9 Å². The zero-order chi connectivity index (χ0) is 23.2. The van der Waals surface area contributed by atoms with Crippen LogP contribution in [-0.4, -0.2) is 77.1 Å². The second kappa shape index (κ2) is 8.17. The topological polar surface area (TPSA) is 125 Å². The summed E-state index contributed by atoms with van der Waals surface area (Å²) in [5.74, 6) is -1.90. The normalized spacial score (nSPS) is 22.8. The summed E-state index contributed by atoms with van der Waals surface area (Å²) in [5, 5.41) is 21.6. The molecule has 2 saturated heterocycles. The third-order valence-corrected chi connectivity index (χ3v) is 6.60. The van der Waals surface area contributed by atoms with Crippen LogP contribution in [0.15, 0.2) is 48.5 Å². The molecule has 2 aromatic rings. The molecule has 1 aliphatic carbocycles.